The quantitative estimate of drug-likeness (QED) is 0.780. The van der Waals surface area contributed by atoms with E-state index in [1.54, 1.807) is 13.0 Å². The van der Waals surface area contributed by atoms with Crippen LogP contribution >= 0.6 is 0 Å². The standard InChI is InChI=1S/C13H19N3O3/c1-2-19-13(17)10-5-12(16-7-11(10)14)15-6-9-3-4-18-8-9/h5,7,9H,2-4,6,8,14H2,1H3,(H,15,16). The zero-order valence-electron chi connectivity index (χ0n) is 11.0. The van der Waals surface area contributed by atoms with Crippen molar-refractivity contribution in [3.63, 3.8) is 0 Å². The number of ether oxygens (including phenoxy) is 2. The minimum atomic E-state index is -0.422. The van der Waals surface area contributed by atoms with Crippen LogP contribution in [0.1, 0.15) is 23.7 Å². The molecule has 0 aromatic carbocycles. The number of hydrogen-bond acceptors (Lipinski definition) is 6. The molecular formula is C13H19N3O3. The van der Waals surface area contributed by atoms with Gasteiger partial charge in [0.05, 0.1) is 30.7 Å². The maximum atomic E-state index is 11.7. The van der Waals surface area contributed by atoms with Gasteiger partial charge in [0.25, 0.3) is 0 Å². The SMILES string of the molecule is CCOC(=O)c1cc(NCC2CCOC2)ncc1N. The second-order valence-electron chi connectivity index (χ2n) is 4.49. The molecule has 1 aromatic heterocycles. The van der Waals surface area contributed by atoms with E-state index in [1.165, 1.54) is 6.20 Å². The highest BCUT2D eigenvalue weighted by Crippen LogP contribution is 2.18. The molecule has 1 aromatic rings. The lowest BCUT2D eigenvalue weighted by Gasteiger charge is -2.11. The Morgan fingerprint density at radius 2 is 2.53 bits per heavy atom. The number of esters is 1. The molecule has 2 heterocycles. The van der Waals surface area contributed by atoms with Crippen LogP contribution < -0.4 is 11.1 Å². The summed E-state index contributed by atoms with van der Waals surface area (Å²) in [6, 6.07) is 1.63. The van der Waals surface area contributed by atoms with Crippen LogP contribution in [0.3, 0.4) is 0 Å². The summed E-state index contributed by atoms with van der Waals surface area (Å²) in [5.74, 6) is 0.698. The Bertz CT molecular complexity index is 445. The van der Waals surface area contributed by atoms with E-state index in [-0.39, 0.29) is 0 Å². The molecular weight excluding hydrogens is 246 g/mol. The van der Waals surface area contributed by atoms with Crippen molar-refractivity contribution < 1.29 is 14.3 Å². The van der Waals surface area contributed by atoms with Crippen LogP contribution in [0.4, 0.5) is 11.5 Å². The van der Waals surface area contributed by atoms with Crippen LogP contribution in [0.25, 0.3) is 0 Å². The summed E-state index contributed by atoms with van der Waals surface area (Å²) in [4.78, 5) is 15.9. The zero-order chi connectivity index (χ0) is 13.7. The number of hydrogen-bond donors (Lipinski definition) is 2. The van der Waals surface area contributed by atoms with Crippen LogP contribution in [-0.2, 0) is 9.47 Å². The number of nitrogens with two attached hydrogens (primary N) is 1. The summed E-state index contributed by atoms with van der Waals surface area (Å²) in [5.41, 5.74) is 6.40. The summed E-state index contributed by atoms with van der Waals surface area (Å²) in [6.45, 7) is 4.44. The van der Waals surface area contributed by atoms with Crippen molar-refractivity contribution in [1.29, 1.82) is 0 Å². The molecule has 6 nitrogen and oxygen atoms in total. The molecule has 6 heteroatoms. The lowest BCUT2D eigenvalue weighted by Crippen LogP contribution is -2.16. The molecule has 0 amide bonds. The normalized spacial score (nSPS) is 18.3. The van der Waals surface area contributed by atoms with E-state index in [9.17, 15) is 4.79 Å². The van der Waals surface area contributed by atoms with Gasteiger partial charge in [-0.05, 0) is 19.4 Å². The summed E-state index contributed by atoms with van der Waals surface area (Å²) in [6.07, 6.45) is 2.52. The molecule has 0 bridgehead atoms. The molecule has 0 saturated carbocycles. The number of pyridine rings is 1. The maximum absolute atomic E-state index is 11.7. The fourth-order valence-corrected chi connectivity index (χ4v) is 1.94. The van der Waals surface area contributed by atoms with Gasteiger partial charge in [0.2, 0.25) is 0 Å². The van der Waals surface area contributed by atoms with Gasteiger partial charge in [0.1, 0.15) is 5.82 Å². The number of nitrogens with one attached hydrogen (secondary N) is 1. The fourth-order valence-electron chi connectivity index (χ4n) is 1.94. The predicted octanol–water partition coefficient (Wildman–Crippen LogP) is 1.29. The molecule has 104 valence electrons. The number of anilines is 2. The minimum Gasteiger partial charge on any atom is -0.462 e. The maximum Gasteiger partial charge on any atom is 0.340 e. The van der Waals surface area contributed by atoms with Crippen LogP contribution in [-0.4, -0.2) is 37.3 Å². The van der Waals surface area contributed by atoms with Gasteiger partial charge in [0.15, 0.2) is 0 Å². The van der Waals surface area contributed by atoms with Crippen molar-refractivity contribution >= 4 is 17.5 Å². The first-order chi connectivity index (χ1) is 9.20. The van der Waals surface area contributed by atoms with Crippen molar-refractivity contribution in [2.75, 3.05) is 37.4 Å². The first kappa shape index (κ1) is 13.6. The van der Waals surface area contributed by atoms with Gasteiger partial charge in [0, 0.05) is 19.1 Å². The van der Waals surface area contributed by atoms with Crippen LogP contribution in [0.15, 0.2) is 12.3 Å². The first-order valence-electron chi connectivity index (χ1n) is 6.45. The highest BCUT2D eigenvalue weighted by Gasteiger charge is 2.16. The molecule has 1 atom stereocenters. The van der Waals surface area contributed by atoms with E-state index in [1.807, 2.05) is 0 Å². The Kier molecular flexibility index (Phi) is 4.57. The Labute approximate surface area is 112 Å². The summed E-state index contributed by atoms with van der Waals surface area (Å²) < 4.78 is 10.3. The summed E-state index contributed by atoms with van der Waals surface area (Å²) in [7, 11) is 0. The number of carbonyl (C=O) groups excluding carboxylic acids is 1. The second-order valence-corrected chi connectivity index (χ2v) is 4.49. The molecule has 19 heavy (non-hydrogen) atoms. The molecule has 1 fully saturated rings. The summed E-state index contributed by atoms with van der Waals surface area (Å²) in [5, 5.41) is 3.20. The molecule has 0 spiro atoms. The molecule has 1 unspecified atom stereocenters. The van der Waals surface area contributed by atoms with E-state index in [2.05, 4.69) is 10.3 Å². The third-order valence-electron chi connectivity index (χ3n) is 3.03. The van der Waals surface area contributed by atoms with Gasteiger partial charge in [-0.25, -0.2) is 9.78 Å². The van der Waals surface area contributed by atoms with Gasteiger partial charge in [-0.2, -0.15) is 0 Å². The molecule has 1 aliphatic heterocycles. The van der Waals surface area contributed by atoms with Crippen molar-refractivity contribution in [3.05, 3.63) is 17.8 Å². The van der Waals surface area contributed by atoms with Gasteiger partial charge in [-0.1, -0.05) is 0 Å². The highest BCUT2D eigenvalue weighted by atomic mass is 16.5. The molecule has 1 aliphatic rings. The lowest BCUT2D eigenvalue weighted by atomic mass is 10.1. The monoisotopic (exact) mass is 265 g/mol. The third-order valence-corrected chi connectivity index (χ3v) is 3.03. The molecule has 3 N–H and O–H groups in total. The Morgan fingerprint density at radius 1 is 1.68 bits per heavy atom. The Hall–Kier alpha value is -1.82. The Balaban J connectivity index is 2.00. The van der Waals surface area contributed by atoms with E-state index in [0.29, 0.717) is 29.6 Å². The zero-order valence-corrected chi connectivity index (χ0v) is 11.0. The third kappa shape index (κ3) is 3.57. The largest absolute Gasteiger partial charge is 0.462 e. The smallest absolute Gasteiger partial charge is 0.340 e. The second kappa shape index (κ2) is 6.38. The van der Waals surface area contributed by atoms with Crippen molar-refractivity contribution in [2.45, 2.75) is 13.3 Å². The average molecular weight is 265 g/mol. The minimum absolute atomic E-state index is 0.322. The van der Waals surface area contributed by atoms with Crippen LogP contribution in [0.5, 0.6) is 0 Å². The first-order valence-corrected chi connectivity index (χ1v) is 6.45. The summed E-state index contributed by atoms with van der Waals surface area (Å²) >= 11 is 0. The van der Waals surface area contributed by atoms with E-state index in [4.69, 9.17) is 15.2 Å². The van der Waals surface area contributed by atoms with E-state index in [0.717, 1.165) is 26.2 Å². The number of aromatic nitrogens is 1. The molecule has 0 aliphatic carbocycles. The molecule has 1 saturated heterocycles. The van der Waals surface area contributed by atoms with E-state index < -0.39 is 5.97 Å². The lowest BCUT2D eigenvalue weighted by molar-refractivity contribution is 0.0527. The van der Waals surface area contributed by atoms with Crippen molar-refractivity contribution in [2.24, 2.45) is 5.92 Å². The highest BCUT2D eigenvalue weighted by molar-refractivity contribution is 5.95. The van der Waals surface area contributed by atoms with Crippen molar-refractivity contribution in [3.8, 4) is 0 Å². The van der Waals surface area contributed by atoms with Crippen molar-refractivity contribution in [1.82, 2.24) is 4.98 Å². The van der Waals surface area contributed by atoms with Gasteiger partial charge in [-0.3, -0.25) is 0 Å². The topological polar surface area (TPSA) is 86.5 Å². The Morgan fingerprint density at radius 3 is 3.21 bits per heavy atom. The molecule has 0 radical (unpaired) electrons. The number of carbonyl (C=O) groups is 1. The van der Waals surface area contributed by atoms with Crippen LogP contribution in [0.2, 0.25) is 0 Å². The van der Waals surface area contributed by atoms with Gasteiger partial charge >= 0.3 is 5.97 Å². The average Bonchev–Trinajstić information content (AvgIpc) is 2.91. The number of nitrogen functional groups attached to an aromatic ring is 1. The van der Waals surface area contributed by atoms with Gasteiger partial charge < -0.3 is 20.5 Å². The van der Waals surface area contributed by atoms with E-state index >= 15 is 0 Å². The number of rotatable bonds is 5. The van der Waals surface area contributed by atoms with Crippen LogP contribution in [0, 0.1) is 5.92 Å². The predicted molar refractivity (Wildman–Crippen MR) is 72.0 cm³/mol. The van der Waals surface area contributed by atoms with Gasteiger partial charge in [-0.15, -0.1) is 0 Å². The fraction of sp³-hybridized carbons (Fsp3) is 0.538. The number of nitrogens with zero attached hydrogens (tertiary/aromatic N) is 1. The molecule has 2 rings (SSSR count).